The monoisotopic (exact) mass is 638 g/mol. The van der Waals surface area contributed by atoms with E-state index in [4.69, 9.17) is 19.9 Å². The van der Waals surface area contributed by atoms with Crippen LogP contribution in [-0.2, 0) is 30.5 Å². The Hall–Kier alpha value is -3.88. The van der Waals surface area contributed by atoms with Crippen LogP contribution in [0.5, 0.6) is 5.75 Å². The molecule has 0 aromatic heterocycles. The fourth-order valence-corrected chi connectivity index (χ4v) is 5.20. The molecule has 0 radical (unpaired) electrons. The van der Waals surface area contributed by atoms with E-state index in [1.165, 1.54) is 58.5 Å². The van der Waals surface area contributed by atoms with Gasteiger partial charge < -0.3 is 25.3 Å². The third-order valence-electron chi connectivity index (χ3n) is 7.90. The molecule has 0 aliphatic carbocycles. The van der Waals surface area contributed by atoms with Crippen molar-refractivity contribution in [3.05, 3.63) is 65.7 Å². The molecular weight excluding hydrogens is 584 g/mol. The maximum absolute atomic E-state index is 13.4. The van der Waals surface area contributed by atoms with Crippen LogP contribution in [0, 0.1) is 0 Å². The molecule has 0 saturated heterocycles. The Labute approximate surface area is 274 Å². The first-order valence-corrected chi connectivity index (χ1v) is 17.0. The predicted molar refractivity (Wildman–Crippen MR) is 179 cm³/mol. The summed E-state index contributed by atoms with van der Waals surface area (Å²) < 4.78 is 16.3. The van der Waals surface area contributed by atoms with E-state index in [-0.39, 0.29) is 32.3 Å². The van der Waals surface area contributed by atoms with E-state index >= 15 is 0 Å². The van der Waals surface area contributed by atoms with E-state index < -0.39 is 35.9 Å². The Balaban J connectivity index is 1.90. The Morgan fingerprint density at radius 1 is 0.761 bits per heavy atom. The van der Waals surface area contributed by atoms with Gasteiger partial charge in [0.15, 0.2) is 0 Å². The van der Waals surface area contributed by atoms with Crippen molar-refractivity contribution in [3.63, 3.8) is 0 Å². The average Bonchev–Trinajstić information content (AvgIpc) is 3.05. The second-order valence-electron chi connectivity index (χ2n) is 11.8. The number of esters is 2. The topological polar surface area (TPSA) is 134 Å². The highest BCUT2D eigenvalue weighted by molar-refractivity contribution is 5.97. The molecule has 0 fully saturated rings. The van der Waals surface area contributed by atoms with Gasteiger partial charge in [0.2, 0.25) is 5.91 Å². The molecule has 0 unspecified atom stereocenters. The highest BCUT2D eigenvalue weighted by atomic mass is 16.5. The highest BCUT2D eigenvalue weighted by Gasteiger charge is 2.27. The molecule has 254 valence electrons. The maximum Gasteiger partial charge on any atom is 0.328 e. The van der Waals surface area contributed by atoms with Gasteiger partial charge in [-0.05, 0) is 55.5 Å². The summed E-state index contributed by atoms with van der Waals surface area (Å²) >= 11 is 0. The second-order valence-corrected chi connectivity index (χ2v) is 11.8. The fourth-order valence-electron chi connectivity index (χ4n) is 5.20. The van der Waals surface area contributed by atoms with Crippen molar-refractivity contribution in [1.29, 1.82) is 0 Å². The van der Waals surface area contributed by atoms with Crippen LogP contribution in [0.4, 0.5) is 0 Å². The molecule has 0 spiro atoms. The molecule has 2 aromatic rings. The van der Waals surface area contributed by atoms with E-state index in [1.54, 1.807) is 24.3 Å². The number of primary amides is 1. The third-order valence-corrected chi connectivity index (χ3v) is 7.90. The Kier molecular flexibility index (Phi) is 19.5. The summed E-state index contributed by atoms with van der Waals surface area (Å²) in [4.78, 5) is 50.6. The molecular formula is C37H54N2O7. The highest BCUT2D eigenvalue weighted by Crippen LogP contribution is 2.17. The minimum atomic E-state index is -1.02. The minimum absolute atomic E-state index is 0.0679. The van der Waals surface area contributed by atoms with Crippen LogP contribution >= 0.6 is 0 Å². The fraction of sp³-hybridized carbons (Fsp3) is 0.568. The summed E-state index contributed by atoms with van der Waals surface area (Å²) in [5.41, 5.74) is 6.70. The molecule has 2 atom stereocenters. The van der Waals surface area contributed by atoms with Gasteiger partial charge in [-0.2, -0.15) is 0 Å². The molecule has 2 rings (SSSR count). The summed E-state index contributed by atoms with van der Waals surface area (Å²) in [7, 11) is 1.53. The van der Waals surface area contributed by atoms with Crippen LogP contribution in [-0.4, -0.2) is 43.0 Å². The van der Waals surface area contributed by atoms with Crippen LogP contribution in [0.25, 0.3) is 0 Å². The van der Waals surface area contributed by atoms with Crippen LogP contribution < -0.4 is 15.8 Å². The van der Waals surface area contributed by atoms with Crippen molar-refractivity contribution < 1.29 is 33.4 Å². The first-order valence-electron chi connectivity index (χ1n) is 17.0. The SMILES string of the molecule is CCCCCCCCCCCCC[C@H](CC(N)=O)OC(=O)[C@@H](CCCC(=O)OCc1ccccc1)NC(=O)c1ccc(OC)cc1. The first-order chi connectivity index (χ1) is 22.3. The molecule has 2 aromatic carbocycles. The molecule has 0 aliphatic heterocycles. The molecule has 0 saturated carbocycles. The summed E-state index contributed by atoms with van der Waals surface area (Å²) in [6, 6.07) is 14.8. The molecule has 0 bridgehead atoms. The number of benzene rings is 2. The second kappa shape index (κ2) is 23.5. The van der Waals surface area contributed by atoms with Gasteiger partial charge in [-0.1, -0.05) is 101 Å². The van der Waals surface area contributed by atoms with E-state index in [2.05, 4.69) is 12.2 Å². The van der Waals surface area contributed by atoms with Gasteiger partial charge in [0.05, 0.1) is 13.5 Å². The van der Waals surface area contributed by atoms with Gasteiger partial charge in [-0.15, -0.1) is 0 Å². The van der Waals surface area contributed by atoms with Crippen LogP contribution in [0.15, 0.2) is 54.6 Å². The van der Waals surface area contributed by atoms with Crippen molar-refractivity contribution in [2.24, 2.45) is 5.73 Å². The zero-order chi connectivity index (χ0) is 33.4. The van der Waals surface area contributed by atoms with E-state index in [9.17, 15) is 19.2 Å². The van der Waals surface area contributed by atoms with Gasteiger partial charge in [0.1, 0.15) is 24.5 Å². The Morgan fingerprint density at radius 2 is 1.37 bits per heavy atom. The van der Waals surface area contributed by atoms with Crippen molar-refractivity contribution in [2.75, 3.05) is 7.11 Å². The lowest BCUT2D eigenvalue weighted by molar-refractivity contribution is -0.153. The number of unbranched alkanes of at least 4 members (excludes halogenated alkanes) is 10. The van der Waals surface area contributed by atoms with Gasteiger partial charge in [0.25, 0.3) is 5.91 Å². The standard InChI is InChI=1S/C37H54N2O7/c1-3-4-5-6-7-8-9-10-11-12-16-20-32(27-34(38)40)46-37(43)33(39-36(42)30-23-25-31(44-2)26-24-30)21-17-22-35(41)45-28-29-18-14-13-15-19-29/h13-15,18-19,23-26,32-33H,3-12,16-17,20-22,27-28H2,1-2H3,(H2,38,40)(H,39,42)/t32-,33-/m1/s1. The number of hydrogen-bond donors (Lipinski definition) is 2. The smallest absolute Gasteiger partial charge is 0.328 e. The number of amides is 2. The van der Waals surface area contributed by atoms with Crippen molar-refractivity contribution >= 4 is 23.8 Å². The van der Waals surface area contributed by atoms with Gasteiger partial charge >= 0.3 is 11.9 Å². The zero-order valence-electron chi connectivity index (χ0n) is 27.8. The molecule has 2 amide bonds. The number of carbonyl (C=O) groups excluding carboxylic acids is 4. The summed E-state index contributed by atoms with van der Waals surface area (Å²) in [6.45, 7) is 2.39. The van der Waals surface area contributed by atoms with Crippen molar-refractivity contribution in [1.82, 2.24) is 5.32 Å². The zero-order valence-corrected chi connectivity index (χ0v) is 27.8. The summed E-state index contributed by atoms with van der Waals surface area (Å²) in [5.74, 6) is -1.48. The molecule has 46 heavy (non-hydrogen) atoms. The number of hydrogen-bond acceptors (Lipinski definition) is 7. The average molecular weight is 639 g/mol. The first kappa shape index (κ1) is 38.3. The van der Waals surface area contributed by atoms with E-state index in [0.29, 0.717) is 17.7 Å². The summed E-state index contributed by atoms with van der Waals surface area (Å²) in [6.07, 6.45) is 13.3. The van der Waals surface area contributed by atoms with Crippen molar-refractivity contribution in [2.45, 2.75) is 128 Å². The number of nitrogens with one attached hydrogen (secondary N) is 1. The van der Waals surface area contributed by atoms with Crippen LogP contribution in [0.2, 0.25) is 0 Å². The third kappa shape index (κ3) is 17.0. The number of ether oxygens (including phenoxy) is 3. The largest absolute Gasteiger partial charge is 0.497 e. The van der Waals surface area contributed by atoms with Crippen LogP contribution in [0.3, 0.4) is 0 Å². The minimum Gasteiger partial charge on any atom is -0.497 e. The van der Waals surface area contributed by atoms with Gasteiger partial charge in [-0.25, -0.2) is 4.79 Å². The molecule has 0 aliphatic rings. The lowest BCUT2D eigenvalue weighted by Crippen LogP contribution is -2.43. The Bertz CT molecular complexity index is 1150. The molecule has 3 N–H and O–H groups in total. The number of carbonyl (C=O) groups is 4. The van der Waals surface area contributed by atoms with Crippen molar-refractivity contribution in [3.8, 4) is 5.75 Å². The number of rotatable bonds is 25. The van der Waals surface area contributed by atoms with Gasteiger partial charge in [-0.3, -0.25) is 14.4 Å². The molecule has 9 nitrogen and oxygen atoms in total. The Morgan fingerprint density at radius 3 is 1.96 bits per heavy atom. The molecule has 9 heteroatoms. The number of nitrogens with two attached hydrogens (primary N) is 1. The quantitative estimate of drug-likeness (QED) is 0.0868. The maximum atomic E-state index is 13.4. The molecule has 0 heterocycles. The predicted octanol–water partition coefficient (Wildman–Crippen LogP) is 7.20. The van der Waals surface area contributed by atoms with Gasteiger partial charge in [0, 0.05) is 12.0 Å². The lowest BCUT2D eigenvalue weighted by atomic mass is 10.0. The normalized spacial score (nSPS) is 12.1. The van der Waals surface area contributed by atoms with E-state index in [0.717, 1.165) is 24.8 Å². The number of methoxy groups -OCH3 is 1. The van der Waals surface area contributed by atoms with E-state index in [1.807, 2.05) is 30.3 Å². The van der Waals surface area contributed by atoms with Crippen LogP contribution in [0.1, 0.15) is 126 Å². The lowest BCUT2D eigenvalue weighted by Gasteiger charge is -2.22. The summed E-state index contributed by atoms with van der Waals surface area (Å²) in [5, 5.41) is 2.75.